The fourth-order valence-corrected chi connectivity index (χ4v) is 3.04. The summed E-state index contributed by atoms with van der Waals surface area (Å²) in [5.41, 5.74) is 0.919. The minimum Gasteiger partial charge on any atom is -0.310 e. The molecule has 1 aliphatic carbocycles. The van der Waals surface area contributed by atoms with Gasteiger partial charge in [-0.3, -0.25) is 0 Å². The third-order valence-corrected chi connectivity index (χ3v) is 4.13. The Labute approximate surface area is 114 Å². The van der Waals surface area contributed by atoms with E-state index in [0.29, 0.717) is 17.6 Å². The fraction of sp³-hybridized carbons (Fsp3) is 0.600. The van der Waals surface area contributed by atoms with Gasteiger partial charge in [0.25, 0.3) is 0 Å². The highest BCUT2D eigenvalue weighted by Gasteiger charge is 2.19. The van der Waals surface area contributed by atoms with Crippen LogP contribution in [0.2, 0.25) is 5.02 Å². The molecular weight excluding hydrogens is 249 g/mol. The van der Waals surface area contributed by atoms with E-state index in [2.05, 4.69) is 12.2 Å². The van der Waals surface area contributed by atoms with E-state index in [1.807, 2.05) is 6.07 Å². The van der Waals surface area contributed by atoms with Gasteiger partial charge in [0.1, 0.15) is 5.82 Å². The van der Waals surface area contributed by atoms with E-state index in [4.69, 9.17) is 11.6 Å². The summed E-state index contributed by atoms with van der Waals surface area (Å²) in [6.45, 7) is 2.92. The lowest BCUT2D eigenvalue weighted by atomic mass is 9.84. The molecule has 2 rings (SSSR count). The summed E-state index contributed by atoms with van der Waals surface area (Å²) < 4.78 is 13.2. The highest BCUT2D eigenvalue weighted by Crippen LogP contribution is 2.26. The van der Waals surface area contributed by atoms with Gasteiger partial charge in [0.2, 0.25) is 0 Å². The van der Waals surface area contributed by atoms with Gasteiger partial charge in [-0.25, -0.2) is 4.39 Å². The van der Waals surface area contributed by atoms with Crippen LogP contribution in [-0.2, 0) is 6.54 Å². The molecule has 0 aliphatic heterocycles. The Hall–Kier alpha value is -0.600. The molecular formula is C15H21ClFN. The number of halogens is 2. The van der Waals surface area contributed by atoms with Crippen LogP contribution < -0.4 is 5.32 Å². The first kappa shape index (κ1) is 13.8. The van der Waals surface area contributed by atoms with Crippen LogP contribution >= 0.6 is 11.6 Å². The predicted octanol–water partition coefficient (Wildman–Crippen LogP) is 4.54. The van der Waals surface area contributed by atoms with Crippen LogP contribution in [-0.4, -0.2) is 6.04 Å². The van der Waals surface area contributed by atoms with Gasteiger partial charge in [-0.05, 0) is 49.4 Å². The molecule has 100 valence electrons. The van der Waals surface area contributed by atoms with Crippen molar-refractivity contribution in [3.8, 4) is 0 Å². The second kappa shape index (κ2) is 6.53. The predicted molar refractivity (Wildman–Crippen MR) is 74.3 cm³/mol. The molecule has 1 saturated carbocycles. The number of nitrogens with one attached hydrogen (secondary N) is 1. The second-order valence-corrected chi connectivity index (χ2v) is 5.78. The number of hydrogen-bond acceptors (Lipinski definition) is 1. The highest BCUT2D eigenvalue weighted by molar-refractivity contribution is 6.30. The van der Waals surface area contributed by atoms with Crippen molar-refractivity contribution in [3.05, 3.63) is 34.6 Å². The van der Waals surface area contributed by atoms with Crippen molar-refractivity contribution < 1.29 is 4.39 Å². The zero-order valence-corrected chi connectivity index (χ0v) is 11.6. The van der Waals surface area contributed by atoms with Gasteiger partial charge < -0.3 is 5.32 Å². The normalized spacial score (nSPS) is 18.8. The standard InChI is InChI=1S/C15H21ClFN/c1-11(13-5-3-2-4-6-13)18-10-12-7-14(16)9-15(17)8-12/h7-9,11,13,18H,2-6,10H2,1H3. The Morgan fingerprint density at radius 1 is 1.28 bits per heavy atom. The first-order valence-corrected chi connectivity index (χ1v) is 7.21. The van der Waals surface area contributed by atoms with E-state index in [0.717, 1.165) is 11.5 Å². The Morgan fingerprint density at radius 3 is 2.67 bits per heavy atom. The van der Waals surface area contributed by atoms with Crippen molar-refractivity contribution in [1.82, 2.24) is 5.32 Å². The van der Waals surface area contributed by atoms with Gasteiger partial charge in [-0.2, -0.15) is 0 Å². The SMILES string of the molecule is CC(NCc1cc(F)cc(Cl)c1)C1CCCCC1. The Morgan fingerprint density at radius 2 is 2.00 bits per heavy atom. The minimum absolute atomic E-state index is 0.260. The molecule has 0 saturated heterocycles. The largest absolute Gasteiger partial charge is 0.310 e. The highest BCUT2D eigenvalue weighted by atomic mass is 35.5. The van der Waals surface area contributed by atoms with Gasteiger partial charge in [0, 0.05) is 17.6 Å². The molecule has 1 aliphatic rings. The molecule has 1 nitrogen and oxygen atoms in total. The molecule has 0 spiro atoms. The minimum atomic E-state index is -0.260. The molecule has 0 aromatic heterocycles. The zero-order valence-electron chi connectivity index (χ0n) is 10.9. The molecule has 0 bridgehead atoms. The van der Waals surface area contributed by atoms with Crippen LogP contribution in [0.15, 0.2) is 18.2 Å². The number of hydrogen-bond donors (Lipinski definition) is 1. The van der Waals surface area contributed by atoms with Crippen molar-refractivity contribution in [2.45, 2.75) is 51.6 Å². The molecule has 0 radical (unpaired) electrons. The monoisotopic (exact) mass is 269 g/mol. The molecule has 18 heavy (non-hydrogen) atoms. The van der Waals surface area contributed by atoms with Crippen molar-refractivity contribution in [3.63, 3.8) is 0 Å². The van der Waals surface area contributed by atoms with Crippen molar-refractivity contribution in [2.75, 3.05) is 0 Å². The molecule has 0 heterocycles. The molecule has 1 fully saturated rings. The lowest BCUT2D eigenvalue weighted by molar-refractivity contribution is 0.280. The maximum Gasteiger partial charge on any atom is 0.125 e. The van der Waals surface area contributed by atoms with Crippen molar-refractivity contribution >= 4 is 11.6 Å². The second-order valence-electron chi connectivity index (χ2n) is 5.35. The summed E-state index contributed by atoms with van der Waals surface area (Å²) in [6.07, 6.45) is 6.71. The number of rotatable bonds is 4. The Kier molecular flexibility index (Phi) is 5.02. The number of benzene rings is 1. The van der Waals surface area contributed by atoms with Gasteiger partial charge in [-0.1, -0.05) is 30.9 Å². The summed E-state index contributed by atoms with van der Waals surface area (Å²) in [6, 6.07) is 5.21. The smallest absolute Gasteiger partial charge is 0.125 e. The van der Waals surface area contributed by atoms with Gasteiger partial charge in [0.15, 0.2) is 0 Å². The van der Waals surface area contributed by atoms with Crippen LogP contribution in [0.1, 0.15) is 44.6 Å². The third kappa shape index (κ3) is 3.96. The average Bonchev–Trinajstić information content (AvgIpc) is 2.36. The van der Waals surface area contributed by atoms with Crippen molar-refractivity contribution in [1.29, 1.82) is 0 Å². The van der Waals surface area contributed by atoms with Gasteiger partial charge in [0.05, 0.1) is 0 Å². The summed E-state index contributed by atoms with van der Waals surface area (Å²) in [4.78, 5) is 0. The van der Waals surface area contributed by atoms with Crippen LogP contribution in [0.5, 0.6) is 0 Å². The summed E-state index contributed by atoms with van der Waals surface area (Å²) in [5.74, 6) is 0.507. The average molecular weight is 270 g/mol. The summed E-state index contributed by atoms with van der Waals surface area (Å²) in [5, 5.41) is 3.97. The van der Waals surface area contributed by atoms with Gasteiger partial charge >= 0.3 is 0 Å². The molecule has 1 N–H and O–H groups in total. The quantitative estimate of drug-likeness (QED) is 0.846. The fourth-order valence-electron chi connectivity index (χ4n) is 2.79. The summed E-state index contributed by atoms with van der Waals surface area (Å²) in [7, 11) is 0. The molecule has 1 aromatic carbocycles. The van der Waals surface area contributed by atoms with E-state index < -0.39 is 0 Å². The lowest BCUT2D eigenvalue weighted by Crippen LogP contribution is -2.34. The maximum absolute atomic E-state index is 13.2. The first-order valence-electron chi connectivity index (χ1n) is 6.83. The van der Waals surface area contributed by atoms with E-state index in [1.165, 1.54) is 38.2 Å². The van der Waals surface area contributed by atoms with Gasteiger partial charge in [-0.15, -0.1) is 0 Å². The van der Waals surface area contributed by atoms with E-state index in [-0.39, 0.29) is 5.82 Å². The van der Waals surface area contributed by atoms with Crippen LogP contribution in [0.4, 0.5) is 4.39 Å². The topological polar surface area (TPSA) is 12.0 Å². The molecule has 0 amide bonds. The zero-order chi connectivity index (χ0) is 13.0. The molecule has 1 unspecified atom stereocenters. The van der Waals surface area contributed by atoms with E-state index in [9.17, 15) is 4.39 Å². The van der Waals surface area contributed by atoms with Crippen LogP contribution in [0.25, 0.3) is 0 Å². The maximum atomic E-state index is 13.2. The Bertz CT molecular complexity index is 368. The first-order chi connectivity index (χ1) is 8.65. The summed E-state index contributed by atoms with van der Waals surface area (Å²) >= 11 is 5.85. The molecule has 1 atom stereocenters. The van der Waals surface area contributed by atoms with Crippen LogP contribution in [0.3, 0.4) is 0 Å². The van der Waals surface area contributed by atoms with Crippen LogP contribution in [0, 0.1) is 11.7 Å². The van der Waals surface area contributed by atoms with E-state index >= 15 is 0 Å². The molecule has 3 heteroatoms. The lowest BCUT2D eigenvalue weighted by Gasteiger charge is -2.28. The third-order valence-electron chi connectivity index (χ3n) is 3.91. The Balaban J connectivity index is 1.86. The van der Waals surface area contributed by atoms with Crippen molar-refractivity contribution in [2.24, 2.45) is 5.92 Å². The molecule has 1 aromatic rings. The van der Waals surface area contributed by atoms with E-state index in [1.54, 1.807) is 6.07 Å².